The molecule has 182 valence electrons. The number of nitrogens with zero attached hydrogens (tertiary/aromatic N) is 3. The number of nitrogens with one attached hydrogen (secondary N) is 1. The molecule has 9 heteroatoms. The summed E-state index contributed by atoms with van der Waals surface area (Å²) in [5.41, 5.74) is 2.54. The van der Waals surface area contributed by atoms with E-state index >= 15 is 0 Å². The number of carbonyl (C=O) groups excluding carboxylic acids is 1. The van der Waals surface area contributed by atoms with Crippen molar-refractivity contribution in [1.29, 1.82) is 0 Å². The monoisotopic (exact) mass is 484 g/mol. The average molecular weight is 485 g/mol. The first-order valence-corrected chi connectivity index (χ1v) is 13.4. The fourth-order valence-corrected chi connectivity index (χ4v) is 5.94. The number of anilines is 2. The van der Waals surface area contributed by atoms with Crippen LogP contribution in [0.2, 0.25) is 0 Å². The van der Waals surface area contributed by atoms with E-state index in [1.54, 1.807) is 18.2 Å². The van der Waals surface area contributed by atoms with Crippen molar-refractivity contribution in [3.63, 3.8) is 0 Å². The van der Waals surface area contributed by atoms with Crippen molar-refractivity contribution >= 4 is 33.0 Å². The molecule has 34 heavy (non-hydrogen) atoms. The van der Waals surface area contributed by atoms with Crippen LogP contribution in [0.15, 0.2) is 58.6 Å². The lowest BCUT2D eigenvalue weighted by Gasteiger charge is -2.31. The first-order valence-electron chi connectivity index (χ1n) is 11.9. The van der Waals surface area contributed by atoms with Crippen molar-refractivity contribution in [3.05, 3.63) is 54.1 Å². The van der Waals surface area contributed by atoms with Crippen molar-refractivity contribution in [3.8, 4) is 0 Å². The van der Waals surface area contributed by atoms with Crippen LogP contribution in [-0.4, -0.2) is 50.5 Å². The Kier molecular flexibility index (Phi) is 7.53. The summed E-state index contributed by atoms with van der Waals surface area (Å²) in [6, 6.07) is 14.7. The van der Waals surface area contributed by atoms with Gasteiger partial charge in [-0.2, -0.15) is 4.31 Å². The molecule has 4 rings (SSSR count). The molecule has 1 fully saturated rings. The lowest BCUT2D eigenvalue weighted by atomic mass is 10.0. The van der Waals surface area contributed by atoms with E-state index in [0.717, 1.165) is 37.2 Å². The van der Waals surface area contributed by atoms with Crippen LogP contribution in [-0.2, 0) is 19.7 Å². The maximum absolute atomic E-state index is 13.1. The molecule has 1 atom stereocenters. The van der Waals surface area contributed by atoms with Crippen molar-refractivity contribution in [2.24, 2.45) is 5.16 Å². The van der Waals surface area contributed by atoms with Crippen LogP contribution in [0.1, 0.15) is 51.2 Å². The molecule has 1 N–H and O–H groups in total. The van der Waals surface area contributed by atoms with E-state index in [9.17, 15) is 13.2 Å². The molecule has 0 saturated carbocycles. The molecule has 0 radical (unpaired) electrons. The summed E-state index contributed by atoms with van der Waals surface area (Å²) in [4.78, 5) is 21.0. The summed E-state index contributed by atoms with van der Waals surface area (Å²) in [5.74, 6) is -0.380. The highest BCUT2D eigenvalue weighted by atomic mass is 32.2. The third-order valence-corrected chi connectivity index (χ3v) is 8.40. The number of sulfonamides is 1. The summed E-state index contributed by atoms with van der Waals surface area (Å²) >= 11 is 0. The number of piperidine rings is 1. The summed E-state index contributed by atoms with van der Waals surface area (Å²) in [6.07, 6.45) is 3.34. The minimum atomic E-state index is -3.66. The van der Waals surface area contributed by atoms with Crippen LogP contribution in [0, 0.1) is 0 Å². The van der Waals surface area contributed by atoms with E-state index in [4.69, 9.17) is 4.84 Å². The van der Waals surface area contributed by atoms with Gasteiger partial charge in [-0.25, -0.2) is 8.42 Å². The standard InChI is InChI=1S/C25H32N4O4S/c1-3-29(4-2)34(31,32)20-13-14-23(28-15-9-6-10-16-28)21(17-20)26-25(30)22-18-24(33-27-22)19-11-7-5-8-12-19/h5,7-8,11-14,17,24H,3-4,6,9-10,15-16,18H2,1-2H3,(H,26,30). The van der Waals surface area contributed by atoms with Crippen LogP contribution in [0.3, 0.4) is 0 Å². The number of oxime groups is 1. The predicted molar refractivity (Wildman–Crippen MR) is 134 cm³/mol. The minimum Gasteiger partial charge on any atom is -0.387 e. The highest BCUT2D eigenvalue weighted by Crippen LogP contribution is 2.33. The molecule has 0 aliphatic carbocycles. The zero-order valence-corrected chi connectivity index (χ0v) is 20.6. The van der Waals surface area contributed by atoms with Gasteiger partial charge in [-0.05, 0) is 43.0 Å². The highest BCUT2D eigenvalue weighted by molar-refractivity contribution is 7.89. The van der Waals surface area contributed by atoms with Crippen molar-refractivity contribution in [1.82, 2.24) is 4.31 Å². The Bertz CT molecular complexity index is 1140. The van der Waals surface area contributed by atoms with Gasteiger partial charge in [0.15, 0.2) is 6.10 Å². The molecule has 2 aliphatic rings. The van der Waals surface area contributed by atoms with E-state index < -0.39 is 10.0 Å². The number of carbonyl (C=O) groups is 1. The smallest absolute Gasteiger partial charge is 0.273 e. The van der Waals surface area contributed by atoms with Gasteiger partial charge in [-0.3, -0.25) is 4.79 Å². The molecule has 2 aromatic rings. The molecule has 1 unspecified atom stereocenters. The Morgan fingerprint density at radius 3 is 2.47 bits per heavy atom. The summed E-state index contributed by atoms with van der Waals surface area (Å²) in [7, 11) is -3.66. The van der Waals surface area contributed by atoms with Gasteiger partial charge in [0.1, 0.15) is 5.71 Å². The zero-order valence-electron chi connectivity index (χ0n) is 19.7. The van der Waals surface area contributed by atoms with Gasteiger partial charge < -0.3 is 15.1 Å². The van der Waals surface area contributed by atoms with Gasteiger partial charge >= 0.3 is 0 Å². The third kappa shape index (κ3) is 5.10. The molecule has 0 bridgehead atoms. The van der Waals surface area contributed by atoms with Gasteiger partial charge in [0.05, 0.1) is 16.3 Å². The number of amides is 1. The van der Waals surface area contributed by atoms with Gasteiger partial charge in [0.25, 0.3) is 5.91 Å². The Hall–Kier alpha value is -2.91. The van der Waals surface area contributed by atoms with Crippen LogP contribution in [0.5, 0.6) is 0 Å². The van der Waals surface area contributed by atoms with Crippen LogP contribution in [0.4, 0.5) is 11.4 Å². The van der Waals surface area contributed by atoms with Crippen LogP contribution < -0.4 is 10.2 Å². The molecular weight excluding hydrogens is 452 g/mol. The second-order valence-corrected chi connectivity index (χ2v) is 10.5. The molecule has 2 heterocycles. The SMILES string of the molecule is CCN(CC)S(=O)(=O)c1ccc(N2CCCCC2)c(NC(=O)C2=NOC(c3ccccc3)C2)c1. The largest absolute Gasteiger partial charge is 0.387 e. The van der Waals surface area contributed by atoms with E-state index in [1.165, 1.54) is 10.7 Å². The summed E-state index contributed by atoms with van der Waals surface area (Å²) in [5, 5.41) is 6.96. The maximum atomic E-state index is 13.1. The number of benzene rings is 2. The van der Waals surface area contributed by atoms with E-state index in [2.05, 4.69) is 15.4 Å². The first-order chi connectivity index (χ1) is 16.4. The topological polar surface area (TPSA) is 91.3 Å². The molecule has 2 aliphatic heterocycles. The van der Waals surface area contributed by atoms with Crippen molar-refractivity contribution in [2.45, 2.75) is 50.5 Å². The van der Waals surface area contributed by atoms with Gasteiger partial charge in [-0.1, -0.05) is 49.3 Å². The van der Waals surface area contributed by atoms with Gasteiger partial charge in [0, 0.05) is 32.6 Å². The van der Waals surface area contributed by atoms with E-state index in [-0.39, 0.29) is 22.6 Å². The fraction of sp³-hybridized carbons (Fsp3) is 0.440. The van der Waals surface area contributed by atoms with Crippen molar-refractivity contribution < 1.29 is 18.0 Å². The van der Waals surface area contributed by atoms with Gasteiger partial charge in [0.2, 0.25) is 10.0 Å². The lowest BCUT2D eigenvalue weighted by Crippen LogP contribution is -2.32. The Morgan fingerprint density at radius 1 is 1.09 bits per heavy atom. The molecule has 0 aromatic heterocycles. The highest BCUT2D eigenvalue weighted by Gasteiger charge is 2.29. The summed E-state index contributed by atoms with van der Waals surface area (Å²) < 4.78 is 27.7. The molecule has 0 spiro atoms. The Balaban J connectivity index is 1.60. The second kappa shape index (κ2) is 10.6. The molecule has 1 saturated heterocycles. The summed E-state index contributed by atoms with van der Waals surface area (Å²) in [6.45, 7) is 6.11. The maximum Gasteiger partial charge on any atom is 0.273 e. The quantitative estimate of drug-likeness (QED) is 0.607. The molecular formula is C25H32N4O4S. The van der Waals surface area contributed by atoms with Gasteiger partial charge in [-0.15, -0.1) is 0 Å². The first kappa shape index (κ1) is 24.2. The number of rotatable bonds is 8. The van der Waals surface area contributed by atoms with Crippen molar-refractivity contribution in [2.75, 3.05) is 36.4 Å². The molecule has 8 nitrogen and oxygen atoms in total. The average Bonchev–Trinajstić information content (AvgIpc) is 3.36. The predicted octanol–water partition coefficient (Wildman–Crippen LogP) is 4.16. The fourth-order valence-electron chi connectivity index (χ4n) is 4.45. The second-order valence-electron chi connectivity index (χ2n) is 8.52. The lowest BCUT2D eigenvalue weighted by molar-refractivity contribution is -0.110. The van der Waals surface area contributed by atoms with E-state index in [0.29, 0.717) is 25.2 Å². The van der Waals surface area contributed by atoms with Crippen LogP contribution in [0.25, 0.3) is 0 Å². The number of hydrogen-bond donors (Lipinski definition) is 1. The minimum absolute atomic E-state index is 0.166. The Labute approximate surface area is 201 Å². The Morgan fingerprint density at radius 2 is 1.79 bits per heavy atom. The normalized spacial score (nSPS) is 18.5. The number of hydrogen-bond acceptors (Lipinski definition) is 6. The molecule has 2 aromatic carbocycles. The van der Waals surface area contributed by atoms with E-state index in [1.807, 2.05) is 44.2 Å². The third-order valence-electron chi connectivity index (χ3n) is 6.36. The van der Waals surface area contributed by atoms with Crippen LogP contribution >= 0.6 is 0 Å². The molecule has 1 amide bonds. The zero-order chi connectivity index (χ0) is 24.1.